The number of hydrogen-bond donors (Lipinski definition) is 1. The molecule has 0 aliphatic carbocycles. The van der Waals surface area contributed by atoms with E-state index in [1.54, 1.807) is 41.8 Å². The fourth-order valence-electron chi connectivity index (χ4n) is 3.72. The van der Waals surface area contributed by atoms with Crippen molar-refractivity contribution in [1.29, 1.82) is 5.26 Å². The fraction of sp³-hybridized carbons (Fsp3) is 0.360. The van der Waals surface area contributed by atoms with Crippen LogP contribution >= 0.6 is 0 Å². The molecule has 196 valence electrons. The van der Waals surface area contributed by atoms with Crippen LogP contribution in [0, 0.1) is 11.3 Å². The van der Waals surface area contributed by atoms with Crippen LogP contribution in [-0.4, -0.2) is 62.8 Å². The zero-order valence-electron chi connectivity index (χ0n) is 21.0. The number of hydrogen-bond acceptors (Lipinski definition) is 9. The second-order valence-corrected chi connectivity index (χ2v) is 7.73. The van der Waals surface area contributed by atoms with E-state index in [1.807, 2.05) is 24.3 Å². The Labute approximate surface area is 214 Å². The van der Waals surface area contributed by atoms with E-state index in [2.05, 4.69) is 15.3 Å². The molecule has 12 heteroatoms. The Kier molecular flexibility index (Phi) is 11.1. The summed E-state index contributed by atoms with van der Waals surface area (Å²) in [5.74, 6) is 1.33. The first kappa shape index (κ1) is 28.9. The third-order valence-electron chi connectivity index (χ3n) is 5.43. The first-order valence-corrected chi connectivity index (χ1v) is 11.5. The Balaban J connectivity index is 0.00000115. The number of benzene rings is 1. The summed E-state index contributed by atoms with van der Waals surface area (Å²) in [6.45, 7) is 4.98. The van der Waals surface area contributed by atoms with Crippen LogP contribution in [0.25, 0.3) is 11.4 Å². The number of carbonyl (C=O) groups excluding carboxylic acids is 1. The minimum atomic E-state index is -0.411. The molecule has 0 fully saturated rings. The summed E-state index contributed by atoms with van der Waals surface area (Å²) < 4.78 is 12.0. The lowest BCUT2D eigenvalue weighted by molar-refractivity contribution is 0.104. The molecule has 1 aliphatic rings. The highest BCUT2D eigenvalue weighted by Gasteiger charge is 2.29. The van der Waals surface area contributed by atoms with Gasteiger partial charge in [-0.1, -0.05) is 12.1 Å². The predicted molar refractivity (Wildman–Crippen MR) is 136 cm³/mol. The highest BCUT2D eigenvalue weighted by Crippen LogP contribution is 2.21. The van der Waals surface area contributed by atoms with Gasteiger partial charge in [-0.3, -0.25) is 9.36 Å². The van der Waals surface area contributed by atoms with Gasteiger partial charge in [0.15, 0.2) is 0 Å². The van der Waals surface area contributed by atoms with E-state index in [4.69, 9.17) is 19.7 Å². The van der Waals surface area contributed by atoms with Gasteiger partial charge < -0.3 is 25.2 Å². The van der Waals surface area contributed by atoms with Crippen molar-refractivity contribution in [3.05, 3.63) is 70.7 Å². The predicted octanol–water partition coefficient (Wildman–Crippen LogP) is 1.72. The molecule has 1 amide bonds. The molecule has 1 unspecified atom stereocenters. The van der Waals surface area contributed by atoms with E-state index in [1.165, 1.54) is 19.3 Å². The van der Waals surface area contributed by atoms with E-state index >= 15 is 0 Å². The van der Waals surface area contributed by atoms with Crippen molar-refractivity contribution in [2.75, 3.05) is 26.8 Å². The maximum atomic E-state index is 13.0. The smallest absolute Gasteiger partial charge is 0.409 e. The molecule has 2 aromatic heterocycles. The lowest BCUT2D eigenvalue weighted by atomic mass is 10.1. The molecule has 1 aliphatic heterocycles. The van der Waals surface area contributed by atoms with Crippen molar-refractivity contribution in [2.24, 2.45) is 0 Å². The van der Waals surface area contributed by atoms with E-state index in [0.29, 0.717) is 43.4 Å². The molecule has 0 saturated carbocycles. The number of ether oxygens (including phenoxy) is 2. The van der Waals surface area contributed by atoms with Crippen LogP contribution in [-0.2, 0) is 17.8 Å². The van der Waals surface area contributed by atoms with Gasteiger partial charge in [0, 0.05) is 45.4 Å². The molecule has 3 N–H and O–H groups in total. The largest absolute Gasteiger partial charge is 0.497 e. The van der Waals surface area contributed by atoms with Crippen LogP contribution in [0.1, 0.15) is 31.3 Å². The van der Waals surface area contributed by atoms with E-state index in [9.17, 15) is 9.59 Å². The van der Waals surface area contributed by atoms with Crippen molar-refractivity contribution in [3.8, 4) is 23.2 Å². The van der Waals surface area contributed by atoms with Crippen LogP contribution in [0.4, 0.5) is 4.79 Å². The van der Waals surface area contributed by atoms with Gasteiger partial charge in [0.25, 0.3) is 5.56 Å². The second-order valence-electron chi connectivity index (χ2n) is 7.73. The van der Waals surface area contributed by atoms with Gasteiger partial charge in [0.2, 0.25) is 0 Å². The summed E-state index contributed by atoms with van der Waals surface area (Å²) in [7, 11) is 1.62. The Bertz CT molecular complexity index is 1240. The monoisotopic (exact) mass is 509 g/mol. The van der Waals surface area contributed by atoms with Crippen LogP contribution in [0.2, 0.25) is 0 Å². The Morgan fingerprint density at radius 1 is 1.22 bits per heavy atom. The van der Waals surface area contributed by atoms with Gasteiger partial charge in [-0.05, 0) is 30.7 Å². The number of rotatable bonds is 6. The molecule has 3 aromatic rings. The van der Waals surface area contributed by atoms with Crippen molar-refractivity contribution in [3.63, 3.8) is 0 Å². The summed E-state index contributed by atoms with van der Waals surface area (Å²) in [6.07, 6.45) is 2.61. The number of nitrogens with zero attached hydrogens (tertiary/aromatic N) is 6. The van der Waals surface area contributed by atoms with Crippen molar-refractivity contribution < 1.29 is 19.7 Å². The zero-order valence-corrected chi connectivity index (χ0v) is 21.0. The summed E-state index contributed by atoms with van der Waals surface area (Å²) >= 11 is 0. The highest BCUT2D eigenvalue weighted by atomic mass is 16.6. The lowest BCUT2D eigenvalue weighted by Gasteiger charge is -2.24. The first-order chi connectivity index (χ1) is 17.5. The topological polar surface area (TPSA) is 167 Å². The molecule has 4 rings (SSSR count). The molecule has 1 aromatic carbocycles. The fourth-order valence-corrected chi connectivity index (χ4v) is 3.72. The van der Waals surface area contributed by atoms with Crippen molar-refractivity contribution >= 4 is 6.09 Å². The number of methoxy groups -OCH3 is 1. The number of fused-ring (bicyclic) bond motifs is 1. The number of aromatic nitrogens is 4. The maximum absolute atomic E-state index is 13.0. The quantitative estimate of drug-likeness (QED) is 0.520. The van der Waals surface area contributed by atoms with Gasteiger partial charge in [0.05, 0.1) is 37.2 Å². The summed E-state index contributed by atoms with van der Waals surface area (Å²) in [5.41, 5.74) is 1.86. The number of nitriles is 1. The maximum Gasteiger partial charge on any atom is 0.409 e. The van der Waals surface area contributed by atoms with Crippen LogP contribution in [0.3, 0.4) is 0 Å². The Morgan fingerprint density at radius 3 is 2.57 bits per heavy atom. The number of nitrogens with one attached hydrogen (secondary N) is 1. The van der Waals surface area contributed by atoms with Gasteiger partial charge in [0.1, 0.15) is 17.9 Å². The molecular weight excluding hydrogens is 478 g/mol. The molecule has 37 heavy (non-hydrogen) atoms. The molecule has 0 radical (unpaired) electrons. The first-order valence-electron chi connectivity index (χ1n) is 11.5. The third kappa shape index (κ3) is 7.57. The summed E-state index contributed by atoms with van der Waals surface area (Å²) in [4.78, 5) is 40.0. The number of amides is 1. The van der Waals surface area contributed by atoms with Gasteiger partial charge >= 0.3 is 6.09 Å². The summed E-state index contributed by atoms with van der Waals surface area (Å²) in [5, 5.41) is 10.8. The van der Waals surface area contributed by atoms with Gasteiger partial charge in [-0.15, -0.1) is 0 Å². The Morgan fingerprint density at radius 2 is 1.95 bits per heavy atom. The standard InChI is InChI=1S/C23H26N6O4.C2H3N.H2O/c1-3-33-23(31)28-10-11-29-21(30)12-19(18-8-9-24-15-26-18)27-22(29)20(14-28)25-13-16-4-6-17(32-2)7-5-16;1-2-3;/h4-9,12,15,20,25H,3,10-11,13-14H2,1-2H3;1H3;1H2. The van der Waals surface area contributed by atoms with Gasteiger partial charge in [-0.25, -0.2) is 19.7 Å². The summed E-state index contributed by atoms with van der Waals surface area (Å²) in [6, 6.07) is 12.2. The molecule has 0 saturated heterocycles. The van der Waals surface area contributed by atoms with Crippen LogP contribution < -0.4 is 15.6 Å². The molecule has 1 atom stereocenters. The SMILES string of the molecule is CC#N.CCOC(=O)N1CCn2c(nc(-c3ccncn3)cc2=O)C(NCc2ccc(OC)cc2)C1.O. The minimum Gasteiger partial charge on any atom is -0.497 e. The van der Waals surface area contributed by atoms with Gasteiger partial charge in [-0.2, -0.15) is 5.26 Å². The van der Waals surface area contributed by atoms with E-state index < -0.39 is 12.1 Å². The molecule has 3 heterocycles. The highest BCUT2D eigenvalue weighted by molar-refractivity contribution is 5.67. The molecule has 0 bridgehead atoms. The van der Waals surface area contributed by atoms with E-state index in [-0.39, 0.29) is 17.6 Å². The molecule has 12 nitrogen and oxygen atoms in total. The number of carbonyl (C=O) groups is 1. The molecule has 0 spiro atoms. The Hall–Kier alpha value is -4.34. The van der Waals surface area contributed by atoms with E-state index in [0.717, 1.165) is 11.3 Å². The third-order valence-corrected chi connectivity index (χ3v) is 5.43. The van der Waals surface area contributed by atoms with Crippen molar-refractivity contribution in [1.82, 2.24) is 29.7 Å². The van der Waals surface area contributed by atoms with Crippen LogP contribution in [0.5, 0.6) is 5.75 Å². The minimum absolute atomic E-state index is 0. The van der Waals surface area contributed by atoms with Crippen LogP contribution in [0.15, 0.2) is 53.7 Å². The lowest BCUT2D eigenvalue weighted by Crippen LogP contribution is -2.38. The average molecular weight is 510 g/mol. The molecular formula is C25H31N7O5. The zero-order chi connectivity index (χ0) is 25.9. The second kappa shape index (κ2) is 14.3. The normalized spacial score (nSPS) is 14.0. The average Bonchev–Trinajstić information content (AvgIpc) is 3.09. The van der Waals surface area contributed by atoms with Crippen molar-refractivity contribution in [2.45, 2.75) is 33.0 Å².